The van der Waals surface area contributed by atoms with Crippen molar-refractivity contribution in [3.63, 3.8) is 0 Å². The normalized spacial score (nSPS) is 29.8. The van der Waals surface area contributed by atoms with Crippen LogP contribution in [0.15, 0.2) is 18.2 Å². The first-order valence-corrected chi connectivity index (χ1v) is 13.3. The van der Waals surface area contributed by atoms with Crippen molar-refractivity contribution in [2.45, 2.75) is 102 Å². The van der Waals surface area contributed by atoms with Crippen LogP contribution < -0.4 is 21.3 Å². The summed E-state index contributed by atoms with van der Waals surface area (Å²) in [6.07, 6.45) is 14.5. The molecule has 4 aliphatic rings. The third kappa shape index (κ3) is 5.30. The Morgan fingerprint density at radius 2 is 1.91 bits per heavy atom. The predicted octanol–water partition coefficient (Wildman–Crippen LogP) is 4.13. The van der Waals surface area contributed by atoms with Crippen LogP contribution >= 0.6 is 0 Å². The molecule has 3 atom stereocenters. The maximum atomic E-state index is 5.90. The molecule has 1 aromatic rings. The Bertz CT molecular complexity index is 832. The van der Waals surface area contributed by atoms with Gasteiger partial charge in [0.1, 0.15) is 6.29 Å². The first kappa shape index (κ1) is 23.3. The molecule has 2 fully saturated rings. The summed E-state index contributed by atoms with van der Waals surface area (Å²) in [5.74, 6) is 0. The van der Waals surface area contributed by atoms with Gasteiger partial charge in [0.05, 0.1) is 19.4 Å². The molecule has 3 heterocycles. The zero-order chi connectivity index (χ0) is 22.6. The van der Waals surface area contributed by atoms with Gasteiger partial charge in [0.25, 0.3) is 0 Å². The van der Waals surface area contributed by atoms with E-state index >= 15 is 0 Å². The Hall–Kier alpha value is -1.44. The topological polar surface area (TPSA) is 60.6 Å². The van der Waals surface area contributed by atoms with Crippen molar-refractivity contribution in [1.82, 2.24) is 20.9 Å². The zero-order valence-electron chi connectivity index (χ0n) is 20.6. The maximum absolute atomic E-state index is 5.90. The van der Waals surface area contributed by atoms with E-state index in [2.05, 4.69) is 58.3 Å². The Kier molecular flexibility index (Phi) is 7.68. The summed E-state index contributed by atoms with van der Waals surface area (Å²) < 4.78 is 5.90. The van der Waals surface area contributed by atoms with Crippen molar-refractivity contribution in [1.29, 1.82) is 0 Å². The van der Waals surface area contributed by atoms with E-state index in [1.807, 2.05) is 0 Å². The molecular formula is C27H43N5O. The Labute approximate surface area is 199 Å². The lowest BCUT2D eigenvalue weighted by Crippen LogP contribution is -2.68. The molecule has 0 aromatic heterocycles. The van der Waals surface area contributed by atoms with E-state index in [9.17, 15) is 0 Å². The highest BCUT2D eigenvalue weighted by molar-refractivity contribution is 5.73. The number of hydrogen-bond donors (Lipinski definition) is 4. The van der Waals surface area contributed by atoms with Gasteiger partial charge in [-0.1, -0.05) is 31.8 Å². The summed E-state index contributed by atoms with van der Waals surface area (Å²) in [4.78, 5) is 2.71. The second kappa shape index (κ2) is 10.9. The van der Waals surface area contributed by atoms with E-state index < -0.39 is 0 Å². The SMILES string of the molecule is CNC1CC(C)NC(Nc2cc3c(c(C4=CCNCCC4)c2)COC3)N1C1CCCCCC1. The number of nitrogens with zero attached hydrogens (tertiary/aromatic N) is 1. The summed E-state index contributed by atoms with van der Waals surface area (Å²) in [5.41, 5.74) is 6.83. The molecule has 0 spiro atoms. The Balaban J connectivity index is 1.44. The molecule has 5 rings (SSSR count). The average Bonchev–Trinajstić information content (AvgIpc) is 3.00. The van der Waals surface area contributed by atoms with Crippen molar-refractivity contribution in [3.05, 3.63) is 34.9 Å². The van der Waals surface area contributed by atoms with Crippen molar-refractivity contribution in [2.75, 3.05) is 25.5 Å². The summed E-state index contributed by atoms with van der Waals surface area (Å²) >= 11 is 0. The molecule has 6 heteroatoms. The molecule has 6 nitrogen and oxygen atoms in total. The summed E-state index contributed by atoms with van der Waals surface area (Å²) in [5, 5.41) is 15.0. The second-order valence-electron chi connectivity index (χ2n) is 10.4. The van der Waals surface area contributed by atoms with Crippen LogP contribution in [0.2, 0.25) is 0 Å². The fraction of sp³-hybridized carbons (Fsp3) is 0.704. The van der Waals surface area contributed by atoms with Crippen LogP contribution in [-0.2, 0) is 18.0 Å². The number of allylic oxidation sites excluding steroid dienone is 1. The third-order valence-electron chi connectivity index (χ3n) is 8.04. The molecule has 182 valence electrons. The third-order valence-corrected chi connectivity index (χ3v) is 8.04. The molecular weight excluding hydrogens is 410 g/mol. The van der Waals surface area contributed by atoms with E-state index in [0.717, 1.165) is 39.1 Å². The van der Waals surface area contributed by atoms with Gasteiger partial charge in [0, 0.05) is 24.3 Å². The minimum Gasteiger partial charge on any atom is -0.372 e. The van der Waals surface area contributed by atoms with Gasteiger partial charge in [-0.25, -0.2) is 0 Å². The highest BCUT2D eigenvalue weighted by Crippen LogP contribution is 2.35. The van der Waals surface area contributed by atoms with Crippen LogP contribution in [0.4, 0.5) is 5.69 Å². The molecule has 1 aromatic carbocycles. The first-order valence-electron chi connectivity index (χ1n) is 13.3. The lowest BCUT2D eigenvalue weighted by molar-refractivity contribution is 0.00514. The van der Waals surface area contributed by atoms with Crippen molar-refractivity contribution < 1.29 is 4.74 Å². The summed E-state index contributed by atoms with van der Waals surface area (Å²) in [7, 11) is 2.13. The average molecular weight is 454 g/mol. The lowest BCUT2D eigenvalue weighted by atomic mass is 9.93. The molecule has 0 bridgehead atoms. The van der Waals surface area contributed by atoms with Crippen LogP contribution in [-0.4, -0.2) is 49.6 Å². The molecule has 1 saturated heterocycles. The van der Waals surface area contributed by atoms with Gasteiger partial charge in [0.15, 0.2) is 0 Å². The van der Waals surface area contributed by atoms with E-state index in [-0.39, 0.29) is 6.29 Å². The molecule has 1 aliphatic carbocycles. The van der Waals surface area contributed by atoms with Crippen molar-refractivity contribution in [2.24, 2.45) is 0 Å². The predicted molar refractivity (Wildman–Crippen MR) is 136 cm³/mol. The van der Waals surface area contributed by atoms with Crippen LogP contribution in [0.1, 0.15) is 81.4 Å². The standard InChI is InChI=1S/C27H43N5O/c1-19-14-26(28-2)32(23-9-5-3-4-6-10-23)27(30-19)31-22-15-21-17-33-18-25(21)24(16-22)20-8-7-12-29-13-11-20/h11,15-16,19,23,26-31H,3-10,12-14,17-18H2,1-2H3. The number of rotatable bonds is 5. The number of fused-ring (bicyclic) bond motifs is 1. The molecule has 3 unspecified atom stereocenters. The quantitative estimate of drug-likeness (QED) is 0.503. The summed E-state index contributed by atoms with van der Waals surface area (Å²) in [6.45, 7) is 5.84. The zero-order valence-corrected chi connectivity index (χ0v) is 20.6. The maximum Gasteiger partial charge on any atom is 0.136 e. The van der Waals surface area contributed by atoms with Gasteiger partial charge in [-0.2, -0.15) is 0 Å². The van der Waals surface area contributed by atoms with Crippen molar-refractivity contribution in [3.8, 4) is 0 Å². The molecule has 0 amide bonds. The first-order chi connectivity index (χ1) is 16.2. The molecule has 0 radical (unpaired) electrons. The number of hydrogen-bond acceptors (Lipinski definition) is 6. The van der Waals surface area contributed by atoms with Crippen LogP contribution in [0, 0.1) is 0 Å². The number of benzene rings is 1. The van der Waals surface area contributed by atoms with Crippen LogP contribution in [0.25, 0.3) is 5.57 Å². The van der Waals surface area contributed by atoms with Crippen LogP contribution in [0.5, 0.6) is 0 Å². The highest BCUT2D eigenvalue weighted by atomic mass is 16.5. The van der Waals surface area contributed by atoms with Gasteiger partial charge >= 0.3 is 0 Å². The lowest BCUT2D eigenvalue weighted by Gasteiger charge is -2.49. The molecule has 4 N–H and O–H groups in total. The van der Waals surface area contributed by atoms with E-state index in [4.69, 9.17) is 4.74 Å². The molecule has 3 aliphatic heterocycles. The van der Waals surface area contributed by atoms with Crippen LogP contribution in [0.3, 0.4) is 0 Å². The Morgan fingerprint density at radius 1 is 1.06 bits per heavy atom. The van der Waals surface area contributed by atoms with Crippen molar-refractivity contribution >= 4 is 11.3 Å². The van der Waals surface area contributed by atoms with E-state index in [1.54, 1.807) is 0 Å². The number of nitrogens with one attached hydrogen (secondary N) is 4. The number of anilines is 1. The fourth-order valence-electron chi connectivity index (χ4n) is 6.33. The van der Waals surface area contributed by atoms with Gasteiger partial charge in [-0.3, -0.25) is 10.2 Å². The van der Waals surface area contributed by atoms with Gasteiger partial charge in [-0.05, 0) is 87.0 Å². The fourth-order valence-corrected chi connectivity index (χ4v) is 6.33. The van der Waals surface area contributed by atoms with E-state index in [0.29, 0.717) is 18.2 Å². The van der Waals surface area contributed by atoms with Gasteiger partial charge in [-0.15, -0.1) is 0 Å². The monoisotopic (exact) mass is 453 g/mol. The smallest absolute Gasteiger partial charge is 0.136 e. The minimum atomic E-state index is 0.132. The van der Waals surface area contributed by atoms with Gasteiger partial charge < -0.3 is 20.7 Å². The Morgan fingerprint density at radius 3 is 2.73 bits per heavy atom. The largest absolute Gasteiger partial charge is 0.372 e. The second-order valence-corrected chi connectivity index (χ2v) is 10.4. The molecule has 1 saturated carbocycles. The number of ether oxygens (including phenoxy) is 1. The highest BCUT2D eigenvalue weighted by Gasteiger charge is 2.37. The van der Waals surface area contributed by atoms with E-state index in [1.165, 1.54) is 72.9 Å². The van der Waals surface area contributed by atoms with Gasteiger partial charge in [0.2, 0.25) is 0 Å². The minimum absolute atomic E-state index is 0.132. The summed E-state index contributed by atoms with van der Waals surface area (Å²) in [6, 6.07) is 5.82. The molecule has 33 heavy (non-hydrogen) atoms.